The first-order valence-corrected chi connectivity index (χ1v) is 13.9. The van der Waals surface area contributed by atoms with Gasteiger partial charge in [0.2, 0.25) is 0 Å². The number of aliphatic hydroxyl groups excluding tert-OH is 1. The van der Waals surface area contributed by atoms with E-state index in [0.29, 0.717) is 23.6 Å². The zero-order valence-electron chi connectivity index (χ0n) is 22.8. The number of rotatable bonds is 11. The molecule has 0 saturated carbocycles. The van der Waals surface area contributed by atoms with Gasteiger partial charge in [0.05, 0.1) is 23.9 Å². The fourth-order valence-electron chi connectivity index (χ4n) is 4.55. The average Bonchev–Trinajstić information content (AvgIpc) is 3.48. The molecule has 2 atom stereocenters. The maximum atomic E-state index is 13.5. The number of aromatic nitrogens is 1. The highest BCUT2D eigenvalue weighted by Crippen LogP contribution is 2.42. The summed E-state index contributed by atoms with van der Waals surface area (Å²) in [6, 6.07) is 15.3. The van der Waals surface area contributed by atoms with Crippen LogP contribution in [0.2, 0.25) is 0 Å². The predicted octanol–water partition coefficient (Wildman–Crippen LogP) is 6.03. The summed E-state index contributed by atoms with van der Waals surface area (Å²) in [5.74, 6) is -2.27. The first-order chi connectivity index (χ1) is 19.3. The van der Waals surface area contributed by atoms with Crippen LogP contribution in [0.3, 0.4) is 0 Å². The number of Topliss-reactive ketones (excluding diaryl/α,β-unsaturated/α-hetero) is 1. The highest BCUT2D eigenvalue weighted by molar-refractivity contribution is 7.17. The molecule has 8 nitrogen and oxygen atoms in total. The lowest BCUT2D eigenvalue weighted by Gasteiger charge is -2.28. The zero-order chi connectivity index (χ0) is 28.8. The Morgan fingerprint density at radius 3 is 2.52 bits per heavy atom. The number of unbranched alkanes of at least 4 members (excludes halogenated alkanes) is 1. The molecule has 1 fully saturated rings. The molecule has 1 saturated heterocycles. The van der Waals surface area contributed by atoms with Crippen molar-refractivity contribution < 1.29 is 29.0 Å². The van der Waals surface area contributed by atoms with Gasteiger partial charge in [-0.05, 0) is 43.2 Å². The van der Waals surface area contributed by atoms with Gasteiger partial charge < -0.3 is 14.6 Å². The summed E-state index contributed by atoms with van der Waals surface area (Å²) in [6.45, 7) is 9.77. The van der Waals surface area contributed by atoms with Gasteiger partial charge in [-0.2, -0.15) is 0 Å². The minimum atomic E-state index is -0.870. The van der Waals surface area contributed by atoms with Gasteiger partial charge in [-0.25, -0.2) is 9.78 Å². The van der Waals surface area contributed by atoms with Crippen LogP contribution in [0.5, 0.6) is 5.75 Å². The van der Waals surface area contributed by atoms with Crippen LogP contribution in [0.15, 0.2) is 72.8 Å². The molecule has 2 aromatic carbocycles. The van der Waals surface area contributed by atoms with Gasteiger partial charge in [-0.15, -0.1) is 0 Å². The van der Waals surface area contributed by atoms with Crippen molar-refractivity contribution in [2.24, 2.45) is 0 Å². The Labute approximate surface area is 237 Å². The summed E-state index contributed by atoms with van der Waals surface area (Å²) in [6.07, 6.45) is 3.39. The predicted molar refractivity (Wildman–Crippen MR) is 155 cm³/mol. The summed E-state index contributed by atoms with van der Waals surface area (Å²) < 4.78 is 10.9. The molecular weight excluding hydrogens is 528 g/mol. The summed E-state index contributed by atoms with van der Waals surface area (Å²) in [5.41, 5.74) is 1.60. The van der Waals surface area contributed by atoms with Crippen LogP contribution >= 0.6 is 11.3 Å². The van der Waals surface area contributed by atoms with Crippen molar-refractivity contribution in [2.45, 2.75) is 45.6 Å². The number of aliphatic hydroxyl groups is 1. The molecule has 40 heavy (non-hydrogen) atoms. The Hall–Kier alpha value is -4.24. The molecule has 1 aliphatic heterocycles. The summed E-state index contributed by atoms with van der Waals surface area (Å²) >= 11 is 0.971. The van der Waals surface area contributed by atoms with Crippen molar-refractivity contribution in [1.82, 2.24) is 4.98 Å². The van der Waals surface area contributed by atoms with Crippen LogP contribution in [0.1, 0.15) is 59.1 Å². The van der Waals surface area contributed by atoms with Crippen molar-refractivity contribution in [2.75, 3.05) is 18.1 Å². The third-order valence-corrected chi connectivity index (χ3v) is 7.83. The van der Waals surface area contributed by atoms with E-state index >= 15 is 0 Å². The van der Waals surface area contributed by atoms with Gasteiger partial charge in [0.25, 0.3) is 5.78 Å². The van der Waals surface area contributed by atoms with Crippen molar-refractivity contribution >= 4 is 39.9 Å². The normalized spacial score (nSPS) is 17.1. The Morgan fingerprint density at radius 2 is 1.88 bits per heavy atom. The topological polar surface area (TPSA) is 106 Å². The van der Waals surface area contributed by atoms with E-state index in [4.69, 9.17) is 9.47 Å². The number of thiazole rings is 1. The molecule has 0 bridgehead atoms. The van der Waals surface area contributed by atoms with Gasteiger partial charge in [0.15, 0.2) is 5.13 Å². The molecule has 3 aromatic rings. The van der Waals surface area contributed by atoms with E-state index in [1.54, 1.807) is 31.2 Å². The first-order valence-electron chi connectivity index (χ1n) is 13.1. The third-order valence-electron chi connectivity index (χ3n) is 6.69. The molecule has 0 radical (unpaired) electrons. The highest BCUT2D eigenvalue weighted by Gasteiger charge is 2.50. The van der Waals surface area contributed by atoms with E-state index in [-0.39, 0.29) is 27.9 Å². The fourth-order valence-corrected chi connectivity index (χ4v) is 5.55. The van der Waals surface area contributed by atoms with Gasteiger partial charge in [0, 0.05) is 11.5 Å². The number of hydrogen-bond acceptors (Lipinski definition) is 8. The Balaban J connectivity index is 1.79. The molecule has 1 aromatic heterocycles. The largest absolute Gasteiger partial charge is 0.507 e. The van der Waals surface area contributed by atoms with Gasteiger partial charge in [-0.1, -0.05) is 74.6 Å². The molecule has 0 aliphatic carbocycles. The lowest BCUT2D eigenvalue weighted by molar-refractivity contribution is -0.132. The van der Waals surface area contributed by atoms with E-state index in [2.05, 4.69) is 18.5 Å². The van der Waals surface area contributed by atoms with Gasteiger partial charge >= 0.3 is 11.9 Å². The van der Waals surface area contributed by atoms with Crippen molar-refractivity contribution in [3.8, 4) is 5.75 Å². The minimum Gasteiger partial charge on any atom is -0.507 e. The Kier molecular flexibility index (Phi) is 9.16. The van der Waals surface area contributed by atoms with E-state index in [1.165, 1.54) is 11.0 Å². The number of carbonyl (C=O) groups is 3. The summed E-state index contributed by atoms with van der Waals surface area (Å²) in [5, 5.41) is 11.6. The molecule has 2 unspecified atom stereocenters. The van der Waals surface area contributed by atoms with Crippen molar-refractivity contribution in [1.29, 1.82) is 0 Å². The van der Waals surface area contributed by atoms with Crippen LogP contribution in [0.25, 0.3) is 5.76 Å². The van der Waals surface area contributed by atoms with E-state index in [1.807, 2.05) is 37.3 Å². The number of nitrogens with zero attached hydrogens (tertiary/aromatic N) is 2. The first kappa shape index (κ1) is 28.8. The molecular formula is C31H32N2O6S. The second-order valence-corrected chi connectivity index (χ2v) is 10.4. The number of amides is 1. The monoisotopic (exact) mass is 560 g/mol. The number of ether oxygens (including phenoxy) is 2. The minimum absolute atomic E-state index is 0.0235. The van der Waals surface area contributed by atoms with Crippen LogP contribution in [0, 0.1) is 6.92 Å². The second kappa shape index (κ2) is 12.7. The van der Waals surface area contributed by atoms with Gasteiger partial charge in [0.1, 0.15) is 23.0 Å². The van der Waals surface area contributed by atoms with Crippen molar-refractivity contribution in [3.05, 3.63) is 94.5 Å². The quantitative estimate of drug-likeness (QED) is 0.0762. The molecule has 0 spiro atoms. The van der Waals surface area contributed by atoms with Gasteiger partial charge in [-0.3, -0.25) is 14.5 Å². The number of benzene rings is 2. The lowest BCUT2D eigenvalue weighted by atomic mass is 9.87. The fraction of sp³-hybridized carbons (Fsp3) is 0.290. The number of aryl methyl sites for hydroxylation is 1. The third kappa shape index (κ3) is 5.84. The number of anilines is 1. The van der Waals surface area contributed by atoms with Crippen molar-refractivity contribution in [3.63, 3.8) is 0 Å². The summed E-state index contributed by atoms with van der Waals surface area (Å²) in [7, 11) is 0. The number of ketones is 1. The molecule has 1 amide bonds. The molecule has 9 heteroatoms. The maximum absolute atomic E-state index is 13.5. The standard InChI is InChI=1S/C31H32N2O6S/c1-5-7-18-38-23-15-13-22(14-16-23)26(34)24-25(19(3)21-11-9-8-10-12-21)33(29(36)27(24)35)31-32-20(4)28(40-31)30(37)39-17-6-2/h6,8-16,19,25,34H,2,5,7,17-18H2,1,3-4H3/b26-24+. The average molecular weight is 561 g/mol. The molecule has 1 N–H and O–H groups in total. The van der Waals surface area contributed by atoms with E-state index in [0.717, 1.165) is 29.7 Å². The SMILES string of the molecule is C=CCOC(=O)c1sc(N2C(=O)C(=O)/C(=C(/O)c3ccc(OCCCC)cc3)C2C(C)c2ccccc2)nc1C. The maximum Gasteiger partial charge on any atom is 0.350 e. The van der Waals surface area contributed by atoms with E-state index < -0.39 is 29.6 Å². The molecule has 2 heterocycles. The number of hydrogen-bond donors (Lipinski definition) is 1. The smallest absolute Gasteiger partial charge is 0.350 e. The van der Waals surface area contributed by atoms with Crippen LogP contribution in [0.4, 0.5) is 5.13 Å². The number of esters is 1. The highest BCUT2D eigenvalue weighted by atomic mass is 32.1. The molecule has 208 valence electrons. The van der Waals surface area contributed by atoms with Crippen LogP contribution in [-0.2, 0) is 14.3 Å². The number of carbonyl (C=O) groups excluding carboxylic acids is 3. The van der Waals surface area contributed by atoms with Crippen LogP contribution in [-0.4, -0.2) is 47.0 Å². The Morgan fingerprint density at radius 1 is 1.18 bits per heavy atom. The molecule has 4 rings (SSSR count). The second-order valence-electron chi connectivity index (χ2n) is 9.44. The lowest BCUT2D eigenvalue weighted by Crippen LogP contribution is -2.37. The summed E-state index contributed by atoms with van der Waals surface area (Å²) in [4.78, 5) is 45.6. The Bertz CT molecular complexity index is 1430. The van der Waals surface area contributed by atoms with E-state index in [9.17, 15) is 19.5 Å². The zero-order valence-corrected chi connectivity index (χ0v) is 23.6. The van der Waals surface area contributed by atoms with Crippen LogP contribution < -0.4 is 9.64 Å². The molecule has 1 aliphatic rings.